The minimum absolute atomic E-state index is 0.171. The molecule has 3 aromatic carbocycles. The summed E-state index contributed by atoms with van der Waals surface area (Å²) in [6, 6.07) is 23.8. The Kier molecular flexibility index (Phi) is 7.54. The predicted molar refractivity (Wildman–Crippen MR) is 133 cm³/mol. The first-order valence-corrected chi connectivity index (χ1v) is 11.7. The van der Waals surface area contributed by atoms with Gasteiger partial charge >= 0.3 is 0 Å². The molecule has 4 rings (SSSR count). The van der Waals surface area contributed by atoms with Gasteiger partial charge in [0.1, 0.15) is 12.4 Å². The molecule has 0 saturated carbocycles. The Labute approximate surface area is 205 Å². The van der Waals surface area contributed by atoms with E-state index in [1.165, 1.54) is 11.8 Å². The van der Waals surface area contributed by atoms with Crippen LogP contribution in [-0.2, 0) is 11.4 Å². The second kappa shape index (κ2) is 10.7. The molecule has 33 heavy (non-hydrogen) atoms. The molecule has 0 aliphatic carbocycles. The number of aromatic nitrogens is 3. The maximum absolute atomic E-state index is 12.8. The number of thioether (sulfide) groups is 1. The van der Waals surface area contributed by atoms with Gasteiger partial charge in [0.15, 0.2) is 11.0 Å². The van der Waals surface area contributed by atoms with Crippen LogP contribution < -0.4 is 10.1 Å². The molecule has 0 radical (unpaired) electrons. The molecular formula is C24H20Cl2N4O2S. The Morgan fingerprint density at radius 2 is 1.76 bits per heavy atom. The van der Waals surface area contributed by atoms with E-state index in [9.17, 15) is 4.79 Å². The summed E-state index contributed by atoms with van der Waals surface area (Å²) >= 11 is 13.4. The minimum atomic E-state index is -0.442. The number of benzene rings is 3. The van der Waals surface area contributed by atoms with Crippen LogP contribution in [0.5, 0.6) is 5.75 Å². The summed E-state index contributed by atoms with van der Waals surface area (Å²) in [5.74, 6) is 1.16. The molecule has 0 spiro atoms. The highest BCUT2D eigenvalue weighted by atomic mass is 35.5. The van der Waals surface area contributed by atoms with E-state index < -0.39 is 5.25 Å². The molecule has 168 valence electrons. The highest BCUT2D eigenvalue weighted by molar-refractivity contribution is 8.00. The number of anilines is 1. The predicted octanol–water partition coefficient (Wildman–Crippen LogP) is 6.27. The molecule has 1 N–H and O–H groups in total. The number of nitrogens with one attached hydrogen (secondary N) is 1. The van der Waals surface area contributed by atoms with E-state index in [-0.39, 0.29) is 12.5 Å². The van der Waals surface area contributed by atoms with Gasteiger partial charge in [-0.25, -0.2) is 0 Å². The lowest BCUT2D eigenvalue weighted by molar-refractivity contribution is -0.115. The quantitative estimate of drug-likeness (QED) is 0.289. The molecule has 6 nitrogen and oxygen atoms in total. The van der Waals surface area contributed by atoms with Crippen LogP contribution in [0, 0.1) is 0 Å². The van der Waals surface area contributed by atoms with Crippen LogP contribution in [0.15, 0.2) is 84.0 Å². The molecule has 1 atom stereocenters. The van der Waals surface area contributed by atoms with Crippen molar-refractivity contribution in [2.24, 2.45) is 0 Å². The number of nitrogens with zero attached hydrogens (tertiary/aromatic N) is 3. The van der Waals surface area contributed by atoms with Gasteiger partial charge in [0.05, 0.1) is 5.25 Å². The zero-order valence-electron chi connectivity index (χ0n) is 17.6. The van der Waals surface area contributed by atoms with Crippen molar-refractivity contribution < 1.29 is 9.53 Å². The van der Waals surface area contributed by atoms with Crippen LogP contribution >= 0.6 is 35.0 Å². The monoisotopic (exact) mass is 498 g/mol. The average molecular weight is 499 g/mol. The number of rotatable bonds is 8. The van der Waals surface area contributed by atoms with Crippen LogP contribution in [-0.4, -0.2) is 25.9 Å². The van der Waals surface area contributed by atoms with Crippen molar-refractivity contribution in [3.63, 3.8) is 0 Å². The van der Waals surface area contributed by atoms with E-state index in [0.717, 1.165) is 11.4 Å². The van der Waals surface area contributed by atoms with Crippen LogP contribution in [0.4, 0.5) is 5.69 Å². The first-order chi connectivity index (χ1) is 16.0. The topological polar surface area (TPSA) is 69.0 Å². The normalized spacial score (nSPS) is 11.7. The molecule has 1 amide bonds. The van der Waals surface area contributed by atoms with Gasteiger partial charge in [-0.1, -0.05) is 59.2 Å². The Hall–Kier alpha value is -3.00. The van der Waals surface area contributed by atoms with Gasteiger partial charge in [0.25, 0.3) is 0 Å². The van der Waals surface area contributed by atoms with E-state index in [1.807, 2.05) is 54.0 Å². The fourth-order valence-corrected chi connectivity index (χ4v) is 4.21. The first kappa shape index (κ1) is 23.2. The van der Waals surface area contributed by atoms with Crippen molar-refractivity contribution in [2.75, 3.05) is 5.32 Å². The number of hydrogen-bond donors (Lipinski definition) is 1. The summed E-state index contributed by atoms with van der Waals surface area (Å²) in [5.41, 5.74) is 1.46. The SMILES string of the molecule is C[C@H](Sc1nnc(COc2ccccc2)n1-c1ccc(Cl)cc1)C(=O)Nc1cccc(Cl)c1. The molecule has 1 heterocycles. The van der Waals surface area contributed by atoms with E-state index in [0.29, 0.717) is 26.7 Å². The van der Waals surface area contributed by atoms with Crippen LogP contribution in [0.3, 0.4) is 0 Å². The average Bonchev–Trinajstić information content (AvgIpc) is 3.21. The van der Waals surface area contributed by atoms with Crippen molar-refractivity contribution in [3.8, 4) is 11.4 Å². The number of amides is 1. The van der Waals surface area contributed by atoms with Crippen LogP contribution in [0.25, 0.3) is 5.69 Å². The van der Waals surface area contributed by atoms with Gasteiger partial charge < -0.3 is 10.1 Å². The van der Waals surface area contributed by atoms with Crippen molar-refractivity contribution >= 4 is 46.6 Å². The summed E-state index contributed by atoms with van der Waals surface area (Å²) in [5, 5.41) is 12.8. The lowest BCUT2D eigenvalue weighted by Crippen LogP contribution is -2.23. The number of carbonyl (C=O) groups excluding carboxylic acids is 1. The summed E-state index contributed by atoms with van der Waals surface area (Å²) in [6.45, 7) is 2.02. The fourth-order valence-electron chi connectivity index (χ4n) is 3.01. The van der Waals surface area contributed by atoms with Crippen LogP contribution in [0.1, 0.15) is 12.7 Å². The maximum atomic E-state index is 12.8. The van der Waals surface area contributed by atoms with E-state index in [4.69, 9.17) is 27.9 Å². The van der Waals surface area contributed by atoms with Gasteiger partial charge in [0.2, 0.25) is 5.91 Å². The number of halogens is 2. The third-order valence-electron chi connectivity index (χ3n) is 4.64. The molecule has 0 bridgehead atoms. The lowest BCUT2D eigenvalue weighted by Gasteiger charge is -2.14. The van der Waals surface area contributed by atoms with Crippen molar-refractivity contribution in [1.82, 2.24) is 14.8 Å². The van der Waals surface area contributed by atoms with Gasteiger partial charge in [-0.3, -0.25) is 9.36 Å². The third kappa shape index (κ3) is 6.07. The smallest absolute Gasteiger partial charge is 0.237 e. The van der Waals surface area contributed by atoms with E-state index >= 15 is 0 Å². The molecule has 1 aromatic heterocycles. The Balaban J connectivity index is 1.55. The van der Waals surface area contributed by atoms with Gasteiger partial charge in [-0.05, 0) is 61.5 Å². The van der Waals surface area contributed by atoms with Crippen molar-refractivity contribution in [1.29, 1.82) is 0 Å². The number of ether oxygens (including phenoxy) is 1. The Morgan fingerprint density at radius 3 is 2.48 bits per heavy atom. The summed E-state index contributed by atoms with van der Waals surface area (Å²) in [7, 11) is 0. The molecule has 0 fully saturated rings. The minimum Gasteiger partial charge on any atom is -0.486 e. The molecule has 0 aliphatic heterocycles. The standard InChI is InChI=1S/C24H20Cl2N4O2S/c1-16(23(31)27-19-7-5-6-18(26)14-19)33-24-29-28-22(15-32-21-8-3-2-4-9-21)30(24)20-12-10-17(25)11-13-20/h2-14,16H,15H2,1H3,(H,27,31)/t16-/m0/s1. The molecule has 0 aliphatic rings. The lowest BCUT2D eigenvalue weighted by atomic mass is 10.3. The highest BCUT2D eigenvalue weighted by Gasteiger charge is 2.22. The Bertz CT molecular complexity index is 1230. The Morgan fingerprint density at radius 1 is 1.00 bits per heavy atom. The van der Waals surface area contributed by atoms with Crippen LogP contribution in [0.2, 0.25) is 10.0 Å². The van der Waals surface area contributed by atoms with E-state index in [2.05, 4.69) is 15.5 Å². The summed E-state index contributed by atoms with van der Waals surface area (Å²) < 4.78 is 7.75. The second-order valence-corrected chi connectivity index (χ2v) is 9.25. The molecule has 4 aromatic rings. The molecular weight excluding hydrogens is 479 g/mol. The first-order valence-electron chi connectivity index (χ1n) is 10.1. The second-order valence-electron chi connectivity index (χ2n) is 7.07. The third-order valence-corrected chi connectivity index (χ3v) is 6.17. The maximum Gasteiger partial charge on any atom is 0.237 e. The molecule has 0 saturated heterocycles. The summed E-state index contributed by atoms with van der Waals surface area (Å²) in [6.07, 6.45) is 0. The summed E-state index contributed by atoms with van der Waals surface area (Å²) in [4.78, 5) is 12.8. The van der Waals surface area contributed by atoms with Gasteiger partial charge in [-0.15, -0.1) is 10.2 Å². The number of carbonyl (C=O) groups is 1. The number of para-hydroxylation sites is 1. The van der Waals surface area contributed by atoms with Gasteiger partial charge in [0, 0.05) is 21.4 Å². The molecule has 0 unspecified atom stereocenters. The zero-order valence-corrected chi connectivity index (χ0v) is 19.9. The van der Waals surface area contributed by atoms with Gasteiger partial charge in [-0.2, -0.15) is 0 Å². The molecule has 9 heteroatoms. The zero-order chi connectivity index (χ0) is 23.2. The van der Waals surface area contributed by atoms with Crippen molar-refractivity contribution in [3.05, 3.63) is 94.7 Å². The largest absolute Gasteiger partial charge is 0.486 e. The van der Waals surface area contributed by atoms with Crippen molar-refractivity contribution in [2.45, 2.75) is 23.9 Å². The highest BCUT2D eigenvalue weighted by Crippen LogP contribution is 2.28. The van der Waals surface area contributed by atoms with E-state index in [1.54, 1.807) is 36.4 Å². The number of hydrogen-bond acceptors (Lipinski definition) is 5. The fraction of sp³-hybridized carbons (Fsp3) is 0.125.